The molecular weight excluding hydrogens is 262 g/mol. The van der Waals surface area contributed by atoms with Crippen molar-refractivity contribution < 1.29 is 4.74 Å². The summed E-state index contributed by atoms with van der Waals surface area (Å²) in [6, 6.07) is 10.2. The van der Waals surface area contributed by atoms with E-state index in [4.69, 9.17) is 10.5 Å². The average Bonchev–Trinajstić information content (AvgIpc) is 2.51. The number of nitrogens with two attached hydrogens (primary N) is 1. The Hall–Kier alpha value is -2.23. The van der Waals surface area contributed by atoms with Gasteiger partial charge in [-0.15, -0.1) is 0 Å². The van der Waals surface area contributed by atoms with Gasteiger partial charge in [0.15, 0.2) is 0 Å². The normalized spacial score (nSPS) is 13.6. The van der Waals surface area contributed by atoms with Gasteiger partial charge in [-0.1, -0.05) is 12.1 Å². The van der Waals surface area contributed by atoms with Crippen LogP contribution in [0.3, 0.4) is 0 Å². The number of hydrogen-bond donors (Lipinski definition) is 2. The Morgan fingerprint density at radius 1 is 1.19 bits per heavy atom. The molecule has 0 aliphatic heterocycles. The van der Waals surface area contributed by atoms with E-state index in [0.717, 1.165) is 17.9 Å². The number of nitrogen functional groups attached to an aromatic ring is 1. The maximum Gasteiger partial charge on any atom is 0.239 e. The number of anilines is 3. The van der Waals surface area contributed by atoms with Crippen molar-refractivity contribution in [1.82, 2.24) is 4.98 Å². The van der Waals surface area contributed by atoms with Crippen LogP contribution >= 0.6 is 0 Å². The van der Waals surface area contributed by atoms with Crippen LogP contribution in [0.25, 0.3) is 0 Å². The monoisotopic (exact) mass is 283 g/mol. The van der Waals surface area contributed by atoms with Gasteiger partial charge in [-0.25, -0.2) is 0 Å². The third-order valence-electron chi connectivity index (χ3n) is 3.83. The summed E-state index contributed by atoms with van der Waals surface area (Å²) in [6.07, 6.45) is 4.84. The number of rotatable bonds is 4. The number of benzene rings is 1. The first-order chi connectivity index (χ1) is 10.3. The summed E-state index contributed by atoms with van der Waals surface area (Å²) in [5.41, 5.74) is 10.4. The van der Waals surface area contributed by atoms with E-state index < -0.39 is 0 Å². The molecule has 1 heterocycles. The molecule has 0 unspecified atom stereocenters. The van der Waals surface area contributed by atoms with Gasteiger partial charge in [-0.05, 0) is 61.9 Å². The maximum atomic E-state index is 5.86. The van der Waals surface area contributed by atoms with Crippen LogP contribution < -0.4 is 15.8 Å². The second-order valence-electron chi connectivity index (χ2n) is 5.30. The van der Waals surface area contributed by atoms with Crippen LogP contribution in [0.5, 0.6) is 5.88 Å². The first-order valence-electron chi connectivity index (χ1n) is 7.55. The van der Waals surface area contributed by atoms with E-state index in [0.29, 0.717) is 18.2 Å². The molecule has 0 saturated carbocycles. The van der Waals surface area contributed by atoms with E-state index in [1.807, 2.05) is 19.1 Å². The lowest BCUT2D eigenvalue weighted by Crippen LogP contribution is -2.07. The number of aryl methyl sites for hydroxylation is 1. The Balaban J connectivity index is 1.88. The number of ether oxygens (including phenoxy) is 1. The summed E-state index contributed by atoms with van der Waals surface area (Å²) < 4.78 is 5.45. The standard InChI is InChI=1S/C17H21N3O/c1-2-21-17-14(18)10-11-16(20-17)19-15-9-5-7-12-6-3-4-8-13(12)15/h5,7,9-11H,2-4,6,8,18H2,1H3,(H,19,20). The zero-order chi connectivity index (χ0) is 14.7. The zero-order valence-electron chi connectivity index (χ0n) is 12.4. The van der Waals surface area contributed by atoms with Crippen molar-refractivity contribution in [2.75, 3.05) is 17.7 Å². The smallest absolute Gasteiger partial charge is 0.239 e. The molecule has 4 nitrogen and oxygen atoms in total. The topological polar surface area (TPSA) is 60.2 Å². The van der Waals surface area contributed by atoms with Crippen molar-refractivity contribution in [3.63, 3.8) is 0 Å². The van der Waals surface area contributed by atoms with Gasteiger partial charge in [-0.2, -0.15) is 4.98 Å². The Bertz CT molecular complexity index is 640. The van der Waals surface area contributed by atoms with Gasteiger partial charge in [0.05, 0.1) is 12.3 Å². The van der Waals surface area contributed by atoms with E-state index in [9.17, 15) is 0 Å². The van der Waals surface area contributed by atoms with Crippen molar-refractivity contribution in [2.24, 2.45) is 0 Å². The highest BCUT2D eigenvalue weighted by Gasteiger charge is 2.13. The summed E-state index contributed by atoms with van der Waals surface area (Å²) in [7, 11) is 0. The van der Waals surface area contributed by atoms with E-state index in [-0.39, 0.29) is 0 Å². The Labute approximate surface area is 125 Å². The van der Waals surface area contributed by atoms with Gasteiger partial charge in [0, 0.05) is 5.69 Å². The molecule has 0 atom stereocenters. The molecule has 4 heteroatoms. The SMILES string of the molecule is CCOc1nc(Nc2cccc3c2CCCC3)ccc1N. The minimum Gasteiger partial charge on any atom is -0.476 e. The molecule has 21 heavy (non-hydrogen) atoms. The summed E-state index contributed by atoms with van der Waals surface area (Å²) in [5.74, 6) is 1.26. The lowest BCUT2D eigenvalue weighted by Gasteiger charge is -2.20. The van der Waals surface area contributed by atoms with E-state index in [1.54, 1.807) is 0 Å². The van der Waals surface area contributed by atoms with Gasteiger partial charge >= 0.3 is 0 Å². The van der Waals surface area contributed by atoms with Crippen molar-refractivity contribution in [3.8, 4) is 5.88 Å². The molecule has 0 radical (unpaired) electrons. The van der Waals surface area contributed by atoms with Crippen LogP contribution in [0, 0.1) is 0 Å². The lowest BCUT2D eigenvalue weighted by atomic mass is 9.90. The zero-order valence-corrected chi connectivity index (χ0v) is 12.4. The highest BCUT2D eigenvalue weighted by Crippen LogP contribution is 2.30. The van der Waals surface area contributed by atoms with Crippen LogP contribution in [0.2, 0.25) is 0 Å². The molecule has 0 bridgehead atoms. The van der Waals surface area contributed by atoms with Crippen LogP contribution in [-0.2, 0) is 12.8 Å². The molecule has 0 saturated heterocycles. The van der Waals surface area contributed by atoms with Gasteiger partial charge in [0.2, 0.25) is 5.88 Å². The Kier molecular flexibility index (Phi) is 3.95. The maximum absolute atomic E-state index is 5.86. The number of nitrogens with zero attached hydrogens (tertiary/aromatic N) is 1. The van der Waals surface area contributed by atoms with Crippen LogP contribution in [-0.4, -0.2) is 11.6 Å². The van der Waals surface area contributed by atoms with Gasteiger partial charge in [0.25, 0.3) is 0 Å². The number of fused-ring (bicyclic) bond motifs is 1. The average molecular weight is 283 g/mol. The first-order valence-corrected chi connectivity index (χ1v) is 7.55. The molecule has 2 aromatic rings. The molecule has 1 aliphatic carbocycles. The molecule has 110 valence electrons. The van der Waals surface area contributed by atoms with Crippen molar-refractivity contribution in [2.45, 2.75) is 32.6 Å². The molecule has 0 fully saturated rings. The van der Waals surface area contributed by atoms with E-state index in [2.05, 4.69) is 28.5 Å². The summed E-state index contributed by atoms with van der Waals surface area (Å²) in [4.78, 5) is 4.45. The fourth-order valence-corrected chi connectivity index (χ4v) is 2.81. The van der Waals surface area contributed by atoms with Crippen LogP contribution in [0.1, 0.15) is 30.9 Å². The minimum atomic E-state index is 0.493. The Morgan fingerprint density at radius 2 is 2.05 bits per heavy atom. The van der Waals surface area contributed by atoms with E-state index >= 15 is 0 Å². The molecule has 1 aromatic carbocycles. The quantitative estimate of drug-likeness (QED) is 0.898. The molecule has 1 aromatic heterocycles. The highest BCUT2D eigenvalue weighted by atomic mass is 16.5. The molecule has 0 spiro atoms. The fourth-order valence-electron chi connectivity index (χ4n) is 2.81. The predicted molar refractivity (Wildman–Crippen MR) is 86.2 cm³/mol. The third-order valence-corrected chi connectivity index (χ3v) is 3.83. The molecule has 3 N–H and O–H groups in total. The lowest BCUT2D eigenvalue weighted by molar-refractivity contribution is 0.329. The first kappa shape index (κ1) is 13.7. The van der Waals surface area contributed by atoms with Crippen molar-refractivity contribution in [1.29, 1.82) is 0 Å². The second-order valence-corrected chi connectivity index (χ2v) is 5.30. The van der Waals surface area contributed by atoms with Crippen molar-refractivity contribution >= 4 is 17.2 Å². The summed E-state index contributed by atoms with van der Waals surface area (Å²) >= 11 is 0. The molecule has 0 amide bonds. The van der Waals surface area contributed by atoms with Crippen LogP contribution in [0.15, 0.2) is 30.3 Å². The number of pyridine rings is 1. The predicted octanol–water partition coefficient (Wildman–Crippen LogP) is 3.68. The summed E-state index contributed by atoms with van der Waals surface area (Å²) in [5, 5.41) is 3.41. The largest absolute Gasteiger partial charge is 0.476 e. The highest BCUT2D eigenvalue weighted by molar-refractivity contribution is 5.65. The summed E-state index contributed by atoms with van der Waals surface area (Å²) in [6.45, 7) is 2.48. The van der Waals surface area contributed by atoms with Crippen LogP contribution in [0.4, 0.5) is 17.2 Å². The minimum absolute atomic E-state index is 0.493. The van der Waals surface area contributed by atoms with E-state index in [1.165, 1.54) is 30.4 Å². The second kappa shape index (κ2) is 6.04. The number of aromatic nitrogens is 1. The fraction of sp³-hybridized carbons (Fsp3) is 0.353. The number of hydrogen-bond acceptors (Lipinski definition) is 4. The molecule has 3 rings (SSSR count). The van der Waals surface area contributed by atoms with Gasteiger partial charge < -0.3 is 15.8 Å². The Morgan fingerprint density at radius 3 is 2.90 bits per heavy atom. The molecular formula is C17H21N3O. The number of nitrogens with one attached hydrogen (secondary N) is 1. The van der Waals surface area contributed by atoms with Gasteiger partial charge in [0.1, 0.15) is 5.82 Å². The van der Waals surface area contributed by atoms with Gasteiger partial charge in [-0.3, -0.25) is 0 Å². The van der Waals surface area contributed by atoms with Crippen molar-refractivity contribution in [3.05, 3.63) is 41.5 Å². The molecule has 1 aliphatic rings. The third kappa shape index (κ3) is 2.94.